The number of hydrogen-bond acceptors (Lipinski definition) is 1. The molecule has 0 aliphatic heterocycles. The fourth-order valence-corrected chi connectivity index (χ4v) is 4.03. The highest BCUT2D eigenvalue weighted by atomic mass is 79.9. The number of ether oxygens (including phenoxy) is 1. The third-order valence-electron chi connectivity index (χ3n) is 4.22. The van der Waals surface area contributed by atoms with E-state index in [-0.39, 0.29) is 0 Å². The normalized spacial score (nSPS) is 22.4. The number of benzene rings is 2. The van der Waals surface area contributed by atoms with E-state index >= 15 is 0 Å². The molecule has 104 valence electrons. The fraction of sp³-hybridized carbons (Fsp3) is 0.333. The molecule has 20 heavy (non-hydrogen) atoms. The van der Waals surface area contributed by atoms with Gasteiger partial charge < -0.3 is 4.74 Å². The number of hydrogen-bond donors (Lipinski definition) is 0. The molecule has 2 aromatic carbocycles. The van der Waals surface area contributed by atoms with Crippen LogP contribution in [0.2, 0.25) is 0 Å². The van der Waals surface area contributed by atoms with Crippen LogP contribution in [0.4, 0.5) is 0 Å². The Morgan fingerprint density at radius 1 is 1.15 bits per heavy atom. The minimum atomic E-state index is 0.429. The van der Waals surface area contributed by atoms with Gasteiger partial charge in [0.25, 0.3) is 0 Å². The van der Waals surface area contributed by atoms with Crippen molar-refractivity contribution in [2.24, 2.45) is 5.92 Å². The van der Waals surface area contributed by atoms with Crippen molar-refractivity contribution >= 4 is 15.9 Å². The van der Waals surface area contributed by atoms with Gasteiger partial charge in [-0.3, -0.25) is 0 Å². The first-order valence-electron chi connectivity index (χ1n) is 7.04. The molecule has 0 amide bonds. The van der Waals surface area contributed by atoms with Crippen molar-refractivity contribution in [1.82, 2.24) is 0 Å². The van der Waals surface area contributed by atoms with E-state index in [1.54, 1.807) is 7.11 Å². The van der Waals surface area contributed by atoms with E-state index in [2.05, 4.69) is 71.4 Å². The largest absolute Gasteiger partial charge is 0.497 e. The first-order valence-corrected chi connectivity index (χ1v) is 7.96. The Bertz CT molecular complexity index is 594. The van der Waals surface area contributed by atoms with Crippen LogP contribution in [0.1, 0.15) is 33.9 Å². The molecule has 2 aromatic rings. The molecule has 3 rings (SSSR count). The molecule has 3 unspecified atom stereocenters. The lowest BCUT2D eigenvalue weighted by atomic mass is 10.00. The van der Waals surface area contributed by atoms with Crippen molar-refractivity contribution in [2.45, 2.75) is 24.1 Å². The van der Waals surface area contributed by atoms with E-state index in [1.165, 1.54) is 23.1 Å². The van der Waals surface area contributed by atoms with Gasteiger partial charge in [0.1, 0.15) is 5.75 Å². The molecule has 0 heterocycles. The molecule has 0 saturated heterocycles. The van der Waals surface area contributed by atoms with Crippen molar-refractivity contribution in [1.29, 1.82) is 0 Å². The summed E-state index contributed by atoms with van der Waals surface area (Å²) in [4.78, 5) is 0.429. The first kappa shape index (κ1) is 13.7. The standard InChI is InChI=1S/C18H19BrO/c1-12-10-14(20-2)8-9-15(12)18(19)17-11-16(17)13-6-4-3-5-7-13/h3-10,16-18H,11H2,1-2H3. The van der Waals surface area contributed by atoms with Crippen LogP contribution in [-0.4, -0.2) is 7.11 Å². The summed E-state index contributed by atoms with van der Waals surface area (Å²) in [5, 5.41) is 0. The lowest BCUT2D eigenvalue weighted by molar-refractivity contribution is 0.414. The Labute approximate surface area is 129 Å². The van der Waals surface area contributed by atoms with Crippen LogP contribution in [0, 0.1) is 12.8 Å². The Balaban J connectivity index is 1.76. The SMILES string of the molecule is COc1ccc(C(Br)C2CC2c2ccccc2)c(C)c1. The second-order valence-electron chi connectivity index (χ2n) is 5.54. The predicted molar refractivity (Wildman–Crippen MR) is 86.7 cm³/mol. The highest BCUT2D eigenvalue weighted by molar-refractivity contribution is 9.09. The minimum absolute atomic E-state index is 0.429. The molecule has 1 saturated carbocycles. The summed E-state index contributed by atoms with van der Waals surface area (Å²) in [6, 6.07) is 17.2. The van der Waals surface area contributed by atoms with Gasteiger partial charge in [-0.25, -0.2) is 0 Å². The van der Waals surface area contributed by atoms with Gasteiger partial charge in [-0.15, -0.1) is 0 Å². The van der Waals surface area contributed by atoms with Crippen molar-refractivity contribution in [3.05, 3.63) is 65.2 Å². The molecule has 1 fully saturated rings. The lowest BCUT2D eigenvalue weighted by Crippen LogP contribution is -1.98. The molecule has 2 heteroatoms. The average Bonchev–Trinajstić information content (AvgIpc) is 3.28. The molecule has 1 aliphatic carbocycles. The van der Waals surface area contributed by atoms with Gasteiger partial charge >= 0.3 is 0 Å². The van der Waals surface area contributed by atoms with E-state index in [0.717, 1.165) is 5.75 Å². The molecule has 3 atom stereocenters. The molecule has 0 bridgehead atoms. The smallest absolute Gasteiger partial charge is 0.119 e. The Morgan fingerprint density at radius 3 is 2.55 bits per heavy atom. The van der Waals surface area contributed by atoms with Crippen molar-refractivity contribution in [2.75, 3.05) is 7.11 Å². The molecular formula is C18H19BrO. The monoisotopic (exact) mass is 330 g/mol. The maximum atomic E-state index is 5.28. The van der Waals surface area contributed by atoms with E-state index in [0.29, 0.717) is 16.7 Å². The zero-order chi connectivity index (χ0) is 14.1. The maximum absolute atomic E-state index is 5.28. The third-order valence-corrected chi connectivity index (χ3v) is 5.39. The van der Waals surface area contributed by atoms with Crippen LogP contribution in [-0.2, 0) is 0 Å². The second kappa shape index (κ2) is 5.61. The second-order valence-corrected chi connectivity index (χ2v) is 6.53. The molecule has 1 aliphatic rings. The molecule has 0 N–H and O–H groups in total. The fourth-order valence-electron chi connectivity index (χ4n) is 2.94. The highest BCUT2D eigenvalue weighted by Gasteiger charge is 2.43. The summed E-state index contributed by atoms with van der Waals surface area (Å²) in [6.07, 6.45) is 1.27. The van der Waals surface area contributed by atoms with E-state index in [4.69, 9.17) is 4.74 Å². The van der Waals surface area contributed by atoms with Crippen LogP contribution in [0.5, 0.6) is 5.75 Å². The predicted octanol–water partition coefficient (Wildman–Crippen LogP) is 5.24. The molecule has 0 spiro atoms. The van der Waals surface area contributed by atoms with Gasteiger partial charge in [-0.2, -0.15) is 0 Å². The summed E-state index contributed by atoms with van der Waals surface area (Å²) in [7, 11) is 1.71. The van der Waals surface area contributed by atoms with Crippen molar-refractivity contribution < 1.29 is 4.74 Å². The van der Waals surface area contributed by atoms with Crippen molar-refractivity contribution in [3.8, 4) is 5.75 Å². The topological polar surface area (TPSA) is 9.23 Å². The van der Waals surface area contributed by atoms with Crippen molar-refractivity contribution in [3.63, 3.8) is 0 Å². The molecule has 0 radical (unpaired) electrons. The van der Waals surface area contributed by atoms with E-state index in [1.807, 2.05) is 0 Å². The van der Waals surface area contributed by atoms with Crippen LogP contribution in [0.15, 0.2) is 48.5 Å². The van der Waals surface area contributed by atoms with Gasteiger partial charge in [0.05, 0.1) is 7.11 Å². The quantitative estimate of drug-likeness (QED) is 0.696. The van der Waals surface area contributed by atoms with Crippen LogP contribution in [0.3, 0.4) is 0 Å². The third kappa shape index (κ3) is 2.62. The van der Waals surface area contributed by atoms with Gasteiger partial charge in [-0.1, -0.05) is 52.3 Å². The lowest BCUT2D eigenvalue weighted by Gasteiger charge is -2.14. The zero-order valence-corrected chi connectivity index (χ0v) is 13.4. The number of halogens is 1. The number of rotatable bonds is 4. The molecular weight excluding hydrogens is 312 g/mol. The highest BCUT2D eigenvalue weighted by Crippen LogP contribution is 2.57. The first-order chi connectivity index (χ1) is 9.70. The Hall–Kier alpha value is -1.28. The van der Waals surface area contributed by atoms with Crippen LogP contribution in [0.25, 0.3) is 0 Å². The van der Waals surface area contributed by atoms with E-state index < -0.39 is 0 Å². The zero-order valence-electron chi connectivity index (χ0n) is 11.8. The molecule has 0 aromatic heterocycles. The minimum Gasteiger partial charge on any atom is -0.497 e. The number of methoxy groups -OCH3 is 1. The number of alkyl halides is 1. The summed E-state index contributed by atoms with van der Waals surface area (Å²) in [5.41, 5.74) is 4.15. The Morgan fingerprint density at radius 2 is 1.90 bits per heavy atom. The van der Waals surface area contributed by atoms with Gasteiger partial charge in [0.15, 0.2) is 0 Å². The summed E-state index contributed by atoms with van der Waals surface area (Å²) >= 11 is 3.91. The van der Waals surface area contributed by atoms with Gasteiger partial charge in [-0.05, 0) is 54.0 Å². The Kier molecular flexibility index (Phi) is 3.84. The van der Waals surface area contributed by atoms with Crippen LogP contribution < -0.4 is 4.74 Å². The van der Waals surface area contributed by atoms with Gasteiger partial charge in [0.2, 0.25) is 0 Å². The van der Waals surface area contributed by atoms with Gasteiger partial charge in [0, 0.05) is 4.83 Å². The van der Waals surface area contributed by atoms with Crippen LogP contribution >= 0.6 is 15.9 Å². The van der Waals surface area contributed by atoms with E-state index in [9.17, 15) is 0 Å². The average molecular weight is 331 g/mol. The summed E-state index contributed by atoms with van der Waals surface area (Å²) < 4.78 is 5.28. The number of aryl methyl sites for hydroxylation is 1. The molecule has 1 nitrogen and oxygen atoms in total. The maximum Gasteiger partial charge on any atom is 0.119 e. The summed E-state index contributed by atoms with van der Waals surface area (Å²) in [5.74, 6) is 2.33. The summed E-state index contributed by atoms with van der Waals surface area (Å²) in [6.45, 7) is 2.16.